The molecule has 2 saturated carbocycles. The van der Waals surface area contributed by atoms with Gasteiger partial charge in [0.25, 0.3) is 0 Å². The fourth-order valence-electron chi connectivity index (χ4n) is 2.75. The van der Waals surface area contributed by atoms with Crippen LogP contribution in [-0.4, -0.2) is 11.3 Å². The number of benzene rings is 1. The monoisotopic (exact) mass is 229 g/mol. The van der Waals surface area contributed by atoms with Gasteiger partial charge in [-0.3, -0.25) is 4.79 Å². The number of rotatable bonds is 3. The van der Waals surface area contributed by atoms with Crippen molar-refractivity contribution in [1.82, 2.24) is 0 Å². The Labute approximate surface area is 102 Å². The summed E-state index contributed by atoms with van der Waals surface area (Å²) in [5.74, 6) is 0.822. The van der Waals surface area contributed by atoms with E-state index in [0.717, 1.165) is 24.8 Å². The molecule has 0 aliphatic heterocycles. The number of Topliss-reactive ketones (excluding diaryl/α,β-unsaturated/α-hetero) is 1. The third-order valence-electron chi connectivity index (χ3n) is 4.42. The summed E-state index contributed by atoms with van der Waals surface area (Å²) in [6.45, 7) is 0. The molecule has 1 aromatic rings. The molecule has 3 rings (SSSR count). The van der Waals surface area contributed by atoms with Crippen molar-refractivity contribution in [2.45, 2.75) is 50.0 Å². The van der Waals surface area contributed by atoms with E-state index in [1.165, 1.54) is 24.8 Å². The Morgan fingerprint density at radius 2 is 2.00 bits per heavy atom. The standard InChI is InChI=1S/C15H19NO/c16-15(8-3-9-15)14(17)13-7-2-6-12(10-13)11-4-1-5-11/h2,6-7,10-11H,1,3-5,8-9,16H2. The van der Waals surface area contributed by atoms with Crippen molar-refractivity contribution in [3.8, 4) is 0 Å². The van der Waals surface area contributed by atoms with Crippen LogP contribution < -0.4 is 5.73 Å². The molecule has 0 spiro atoms. The molecule has 0 amide bonds. The maximum absolute atomic E-state index is 12.3. The third kappa shape index (κ3) is 1.81. The van der Waals surface area contributed by atoms with E-state index in [-0.39, 0.29) is 5.78 Å². The van der Waals surface area contributed by atoms with E-state index >= 15 is 0 Å². The molecule has 2 N–H and O–H groups in total. The first kappa shape index (κ1) is 11.0. The first-order chi connectivity index (χ1) is 8.19. The highest BCUT2D eigenvalue weighted by molar-refractivity contribution is 6.03. The highest BCUT2D eigenvalue weighted by Gasteiger charge is 2.40. The number of nitrogens with two attached hydrogens (primary N) is 1. The molecule has 0 atom stereocenters. The lowest BCUT2D eigenvalue weighted by Crippen LogP contribution is -2.53. The Balaban J connectivity index is 1.84. The Morgan fingerprint density at radius 1 is 1.24 bits per heavy atom. The Bertz CT molecular complexity index is 444. The zero-order valence-corrected chi connectivity index (χ0v) is 10.1. The molecule has 2 aliphatic rings. The first-order valence-corrected chi connectivity index (χ1v) is 6.63. The fraction of sp³-hybridized carbons (Fsp3) is 0.533. The van der Waals surface area contributed by atoms with Gasteiger partial charge in [0, 0.05) is 5.56 Å². The summed E-state index contributed by atoms with van der Waals surface area (Å²) < 4.78 is 0. The average molecular weight is 229 g/mol. The van der Waals surface area contributed by atoms with Crippen LogP contribution in [0.25, 0.3) is 0 Å². The predicted octanol–water partition coefficient (Wildman–Crippen LogP) is 3.02. The molecule has 2 fully saturated rings. The summed E-state index contributed by atoms with van der Waals surface area (Å²) in [5, 5.41) is 0. The molecule has 0 saturated heterocycles. The van der Waals surface area contributed by atoms with Crippen LogP contribution in [0.1, 0.15) is 60.4 Å². The average Bonchev–Trinajstić information content (AvgIpc) is 2.23. The molecule has 17 heavy (non-hydrogen) atoms. The summed E-state index contributed by atoms with van der Waals surface area (Å²) >= 11 is 0. The molecule has 2 heteroatoms. The molecule has 90 valence electrons. The third-order valence-corrected chi connectivity index (χ3v) is 4.42. The number of ketones is 1. The Morgan fingerprint density at radius 3 is 2.53 bits per heavy atom. The van der Waals surface area contributed by atoms with Crippen molar-refractivity contribution in [2.75, 3.05) is 0 Å². The Hall–Kier alpha value is -1.15. The maximum atomic E-state index is 12.3. The predicted molar refractivity (Wildman–Crippen MR) is 68.1 cm³/mol. The molecule has 0 heterocycles. The van der Waals surface area contributed by atoms with Crippen LogP contribution in [0, 0.1) is 0 Å². The van der Waals surface area contributed by atoms with Gasteiger partial charge in [0.1, 0.15) is 0 Å². The minimum atomic E-state index is -0.557. The molecular weight excluding hydrogens is 210 g/mol. The van der Waals surface area contributed by atoms with Gasteiger partial charge in [0.05, 0.1) is 5.54 Å². The van der Waals surface area contributed by atoms with Gasteiger partial charge in [-0.05, 0) is 49.7 Å². The van der Waals surface area contributed by atoms with Crippen molar-refractivity contribution in [3.63, 3.8) is 0 Å². The van der Waals surface area contributed by atoms with Gasteiger partial charge in [-0.2, -0.15) is 0 Å². The van der Waals surface area contributed by atoms with Crippen molar-refractivity contribution in [1.29, 1.82) is 0 Å². The van der Waals surface area contributed by atoms with Gasteiger partial charge >= 0.3 is 0 Å². The molecular formula is C15H19NO. The summed E-state index contributed by atoms with van der Waals surface area (Å²) in [4.78, 5) is 12.3. The zero-order chi connectivity index (χ0) is 11.9. The second-order valence-electron chi connectivity index (χ2n) is 5.59. The second kappa shape index (κ2) is 3.95. The lowest BCUT2D eigenvalue weighted by Gasteiger charge is -2.36. The highest BCUT2D eigenvalue weighted by atomic mass is 16.1. The van der Waals surface area contributed by atoms with Crippen LogP contribution >= 0.6 is 0 Å². The summed E-state index contributed by atoms with van der Waals surface area (Å²) in [6.07, 6.45) is 6.64. The quantitative estimate of drug-likeness (QED) is 0.810. The number of carbonyl (C=O) groups excluding carboxylic acids is 1. The van der Waals surface area contributed by atoms with Crippen molar-refractivity contribution in [3.05, 3.63) is 35.4 Å². The normalized spacial score (nSPS) is 22.6. The molecule has 0 bridgehead atoms. The minimum Gasteiger partial charge on any atom is -0.319 e. The van der Waals surface area contributed by atoms with Gasteiger partial charge in [-0.15, -0.1) is 0 Å². The van der Waals surface area contributed by atoms with E-state index in [1.54, 1.807) is 0 Å². The van der Waals surface area contributed by atoms with Crippen LogP contribution in [-0.2, 0) is 0 Å². The molecule has 0 unspecified atom stereocenters. The van der Waals surface area contributed by atoms with E-state index in [9.17, 15) is 4.79 Å². The van der Waals surface area contributed by atoms with Crippen LogP contribution in [0.4, 0.5) is 0 Å². The summed E-state index contributed by atoms with van der Waals surface area (Å²) in [7, 11) is 0. The van der Waals surface area contributed by atoms with E-state index in [1.807, 2.05) is 12.1 Å². The largest absolute Gasteiger partial charge is 0.319 e. The van der Waals surface area contributed by atoms with E-state index in [0.29, 0.717) is 5.92 Å². The zero-order valence-electron chi connectivity index (χ0n) is 10.1. The fourth-order valence-corrected chi connectivity index (χ4v) is 2.75. The van der Waals surface area contributed by atoms with Gasteiger partial charge in [-0.25, -0.2) is 0 Å². The lowest BCUT2D eigenvalue weighted by atomic mass is 9.72. The SMILES string of the molecule is NC1(C(=O)c2cccc(C3CCC3)c2)CCC1. The van der Waals surface area contributed by atoms with Gasteiger partial charge in [-0.1, -0.05) is 24.6 Å². The van der Waals surface area contributed by atoms with E-state index in [4.69, 9.17) is 5.73 Å². The van der Waals surface area contributed by atoms with Crippen LogP contribution in [0.5, 0.6) is 0 Å². The molecule has 0 radical (unpaired) electrons. The number of carbonyl (C=O) groups is 1. The number of hydrogen-bond acceptors (Lipinski definition) is 2. The van der Waals surface area contributed by atoms with Crippen LogP contribution in [0.15, 0.2) is 24.3 Å². The van der Waals surface area contributed by atoms with Crippen LogP contribution in [0.3, 0.4) is 0 Å². The maximum Gasteiger partial charge on any atom is 0.182 e. The van der Waals surface area contributed by atoms with E-state index in [2.05, 4.69) is 12.1 Å². The van der Waals surface area contributed by atoms with Gasteiger partial charge in [0.2, 0.25) is 0 Å². The van der Waals surface area contributed by atoms with Crippen molar-refractivity contribution >= 4 is 5.78 Å². The summed E-state index contributed by atoms with van der Waals surface area (Å²) in [5.41, 5.74) is 7.68. The summed E-state index contributed by atoms with van der Waals surface area (Å²) in [6, 6.07) is 8.13. The molecule has 2 aliphatic carbocycles. The van der Waals surface area contributed by atoms with Gasteiger partial charge < -0.3 is 5.73 Å². The number of hydrogen-bond donors (Lipinski definition) is 1. The molecule has 2 nitrogen and oxygen atoms in total. The topological polar surface area (TPSA) is 43.1 Å². The Kier molecular flexibility index (Phi) is 2.55. The minimum absolute atomic E-state index is 0.143. The first-order valence-electron chi connectivity index (χ1n) is 6.63. The van der Waals surface area contributed by atoms with E-state index < -0.39 is 5.54 Å². The van der Waals surface area contributed by atoms with Gasteiger partial charge in [0.15, 0.2) is 5.78 Å². The lowest BCUT2D eigenvalue weighted by molar-refractivity contribution is 0.0800. The highest BCUT2D eigenvalue weighted by Crippen LogP contribution is 2.37. The van der Waals surface area contributed by atoms with Crippen molar-refractivity contribution < 1.29 is 4.79 Å². The molecule has 0 aromatic heterocycles. The second-order valence-corrected chi connectivity index (χ2v) is 5.59. The van der Waals surface area contributed by atoms with Crippen molar-refractivity contribution in [2.24, 2.45) is 5.73 Å². The van der Waals surface area contributed by atoms with Crippen LogP contribution in [0.2, 0.25) is 0 Å². The molecule has 1 aromatic carbocycles. The smallest absolute Gasteiger partial charge is 0.182 e.